The van der Waals surface area contributed by atoms with Crippen LogP contribution in [0, 0.1) is 13.8 Å². The first kappa shape index (κ1) is 30.6. The Bertz CT molecular complexity index is 2570. The molecule has 1 nitrogen and oxygen atoms in total. The summed E-state index contributed by atoms with van der Waals surface area (Å²) < 4.78 is 0. The van der Waals surface area contributed by atoms with Crippen molar-refractivity contribution in [3.63, 3.8) is 0 Å². The van der Waals surface area contributed by atoms with Crippen LogP contribution in [0.25, 0.3) is 54.6 Å². The van der Waals surface area contributed by atoms with Gasteiger partial charge in [0.15, 0.2) is 0 Å². The zero-order valence-corrected chi connectivity index (χ0v) is 30.1. The highest BCUT2D eigenvalue weighted by atomic mass is 15.1. The zero-order valence-electron chi connectivity index (χ0n) is 30.1. The average Bonchev–Trinajstić information content (AvgIpc) is 3.35. The molecule has 0 aromatic heterocycles. The van der Waals surface area contributed by atoms with Gasteiger partial charge < -0.3 is 4.90 Å². The smallest absolute Gasteiger partial charge is 0.0490 e. The third-order valence-corrected chi connectivity index (χ3v) is 11.4. The molecule has 0 saturated carbocycles. The molecule has 0 N–H and O–H groups in total. The van der Waals surface area contributed by atoms with Crippen molar-refractivity contribution in [2.45, 2.75) is 59.3 Å². The fourth-order valence-corrected chi connectivity index (χ4v) is 8.83. The Hall–Kier alpha value is -5.40. The molecule has 8 aromatic rings. The van der Waals surface area contributed by atoms with Crippen LogP contribution in [-0.4, -0.2) is 0 Å². The molecule has 0 saturated heterocycles. The third kappa shape index (κ3) is 4.39. The van der Waals surface area contributed by atoms with Gasteiger partial charge in [-0.15, -0.1) is 0 Å². The van der Waals surface area contributed by atoms with E-state index < -0.39 is 0 Å². The lowest BCUT2D eigenvalue weighted by atomic mass is 9.77. The highest BCUT2D eigenvalue weighted by molar-refractivity contribution is 6.31. The van der Waals surface area contributed by atoms with Crippen molar-refractivity contribution in [2.75, 3.05) is 4.90 Å². The minimum absolute atomic E-state index is 0.121. The van der Waals surface area contributed by atoms with Gasteiger partial charge in [-0.05, 0) is 132 Å². The predicted octanol–water partition coefficient (Wildman–Crippen LogP) is 13.9. The van der Waals surface area contributed by atoms with Crippen LogP contribution < -0.4 is 4.90 Å². The topological polar surface area (TPSA) is 3.24 Å². The van der Waals surface area contributed by atoms with Gasteiger partial charge >= 0.3 is 0 Å². The maximum Gasteiger partial charge on any atom is 0.0490 e. The monoisotopic (exact) mass is 645 g/mol. The number of benzene rings is 8. The number of fused-ring (bicyclic) bond motifs is 5. The fraction of sp³-hybridized carbons (Fsp3) is 0.184. The molecule has 0 aliphatic heterocycles. The van der Waals surface area contributed by atoms with E-state index >= 15 is 0 Å². The van der Waals surface area contributed by atoms with Gasteiger partial charge in [-0.3, -0.25) is 0 Å². The Labute approximate surface area is 296 Å². The van der Waals surface area contributed by atoms with Crippen molar-refractivity contribution in [3.8, 4) is 22.3 Å². The van der Waals surface area contributed by atoms with E-state index in [0.29, 0.717) is 0 Å². The Kier molecular flexibility index (Phi) is 6.62. The first-order chi connectivity index (χ1) is 24.0. The van der Waals surface area contributed by atoms with Gasteiger partial charge in [0.1, 0.15) is 0 Å². The SMILES string of the molecule is Cc1ccccc1N(c1ccc2c(c1)C(C)(C)c1c-2c2cccc3cc(-c4ccc(C(C)(C)C)cc4)c4cccc1c4c32)c1ccccc1C. The van der Waals surface area contributed by atoms with Crippen LogP contribution in [0.3, 0.4) is 0 Å². The first-order valence-electron chi connectivity index (χ1n) is 18.0. The van der Waals surface area contributed by atoms with Gasteiger partial charge in [0, 0.05) is 22.5 Å². The second-order valence-corrected chi connectivity index (χ2v) is 15.9. The number of hydrogen-bond acceptors (Lipinski definition) is 1. The summed E-state index contributed by atoms with van der Waals surface area (Å²) in [6, 6.07) is 50.3. The first-order valence-corrected chi connectivity index (χ1v) is 18.0. The molecule has 0 bridgehead atoms. The highest BCUT2D eigenvalue weighted by Crippen LogP contribution is 2.57. The number of aryl methyl sites for hydroxylation is 2. The van der Waals surface area contributed by atoms with Crippen LogP contribution >= 0.6 is 0 Å². The van der Waals surface area contributed by atoms with Crippen molar-refractivity contribution in [1.82, 2.24) is 0 Å². The summed E-state index contributed by atoms with van der Waals surface area (Å²) in [5.74, 6) is 0. The molecule has 1 aliphatic rings. The average molecular weight is 646 g/mol. The number of rotatable bonds is 4. The predicted molar refractivity (Wildman–Crippen MR) is 216 cm³/mol. The molecule has 1 aliphatic carbocycles. The summed E-state index contributed by atoms with van der Waals surface area (Å²) in [5.41, 5.74) is 15.5. The van der Waals surface area contributed by atoms with Crippen LogP contribution in [0.1, 0.15) is 62.4 Å². The highest BCUT2D eigenvalue weighted by Gasteiger charge is 2.39. The number of hydrogen-bond donors (Lipinski definition) is 0. The van der Waals surface area contributed by atoms with E-state index in [1.807, 2.05) is 0 Å². The molecular weight excluding hydrogens is 603 g/mol. The van der Waals surface area contributed by atoms with Gasteiger partial charge in [0.05, 0.1) is 0 Å². The molecule has 0 spiro atoms. The van der Waals surface area contributed by atoms with E-state index in [1.165, 1.54) is 99.5 Å². The summed E-state index contributed by atoms with van der Waals surface area (Å²) in [4.78, 5) is 2.45. The van der Waals surface area contributed by atoms with Crippen LogP contribution in [0.2, 0.25) is 0 Å². The standard InChI is InChI=1S/C49H43N/c1-30-14-8-10-20-42(30)50(43-21-11-9-15-31(43)2)35-26-27-37-41(29-35)49(6,7)47-39-19-13-17-36-40(32-22-24-34(25-23-32)48(3,4)5)28-33-16-12-18-38(46(37)47)44(33)45(36)39/h8-29H,1-7H3. The van der Waals surface area contributed by atoms with Gasteiger partial charge in [0.25, 0.3) is 0 Å². The Morgan fingerprint density at radius 1 is 0.540 bits per heavy atom. The normalized spacial score (nSPS) is 13.7. The van der Waals surface area contributed by atoms with Gasteiger partial charge in [-0.25, -0.2) is 0 Å². The lowest BCUT2D eigenvalue weighted by Gasteiger charge is -2.30. The van der Waals surface area contributed by atoms with Crippen molar-refractivity contribution >= 4 is 49.4 Å². The van der Waals surface area contributed by atoms with E-state index in [2.05, 4.69) is 187 Å². The van der Waals surface area contributed by atoms with E-state index in [4.69, 9.17) is 0 Å². The molecule has 50 heavy (non-hydrogen) atoms. The zero-order chi connectivity index (χ0) is 34.5. The summed E-state index contributed by atoms with van der Waals surface area (Å²) >= 11 is 0. The molecule has 0 fully saturated rings. The van der Waals surface area contributed by atoms with Crippen LogP contribution in [0.4, 0.5) is 17.1 Å². The van der Waals surface area contributed by atoms with E-state index in [9.17, 15) is 0 Å². The van der Waals surface area contributed by atoms with Crippen molar-refractivity contribution < 1.29 is 0 Å². The van der Waals surface area contributed by atoms with Gasteiger partial charge in [-0.1, -0.05) is 138 Å². The lowest BCUT2D eigenvalue weighted by Crippen LogP contribution is -2.17. The Balaban J connectivity index is 1.30. The minimum Gasteiger partial charge on any atom is -0.310 e. The van der Waals surface area contributed by atoms with E-state index in [0.717, 1.165) is 0 Å². The molecular formula is C49H43N. The molecule has 244 valence electrons. The van der Waals surface area contributed by atoms with Gasteiger partial charge in [-0.2, -0.15) is 0 Å². The van der Waals surface area contributed by atoms with Crippen LogP contribution in [-0.2, 0) is 10.8 Å². The Morgan fingerprint density at radius 2 is 1.16 bits per heavy atom. The quantitative estimate of drug-likeness (QED) is 0.172. The molecule has 0 radical (unpaired) electrons. The summed E-state index contributed by atoms with van der Waals surface area (Å²) in [6.45, 7) is 16.1. The molecule has 8 aromatic carbocycles. The molecule has 0 atom stereocenters. The second-order valence-electron chi connectivity index (χ2n) is 15.9. The molecule has 1 heteroatoms. The van der Waals surface area contributed by atoms with Crippen molar-refractivity contribution in [3.05, 3.63) is 161 Å². The van der Waals surface area contributed by atoms with Crippen LogP contribution in [0.15, 0.2) is 133 Å². The summed E-state index contributed by atoms with van der Waals surface area (Å²) in [5, 5.41) is 8.11. The lowest BCUT2D eigenvalue weighted by molar-refractivity contribution is 0.590. The minimum atomic E-state index is -0.206. The van der Waals surface area contributed by atoms with Crippen molar-refractivity contribution in [2.24, 2.45) is 0 Å². The summed E-state index contributed by atoms with van der Waals surface area (Å²) in [6.07, 6.45) is 0. The van der Waals surface area contributed by atoms with Crippen molar-refractivity contribution in [1.29, 1.82) is 0 Å². The third-order valence-electron chi connectivity index (χ3n) is 11.4. The number of nitrogens with zero attached hydrogens (tertiary/aromatic N) is 1. The molecule has 9 rings (SSSR count). The maximum absolute atomic E-state index is 2.47. The van der Waals surface area contributed by atoms with Gasteiger partial charge in [0.2, 0.25) is 0 Å². The molecule has 0 unspecified atom stereocenters. The number of para-hydroxylation sites is 2. The van der Waals surface area contributed by atoms with E-state index in [1.54, 1.807) is 0 Å². The van der Waals surface area contributed by atoms with Crippen LogP contribution in [0.5, 0.6) is 0 Å². The largest absolute Gasteiger partial charge is 0.310 e. The Morgan fingerprint density at radius 3 is 1.82 bits per heavy atom. The number of anilines is 3. The maximum atomic E-state index is 2.47. The van der Waals surface area contributed by atoms with E-state index in [-0.39, 0.29) is 10.8 Å². The summed E-state index contributed by atoms with van der Waals surface area (Å²) in [7, 11) is 0. The second kappa shape index (κ2) is 10.8. The molecule has 0 amide bonds. The fourth-order valence-electron chi connectivity index (χ4n) is 8.83. The molecule has 0 heterocycles.